The van der Waals surface area contributed by atoms with Crippen molar-refractivity contribution in [1.82, 2.24) is 10.6 Å². The lowest BCUT2D eigenvalue weighted by molar-refractivity contribution is -0.157. The second-order valence-electron chi connectivity index (χ2n) is 12.9. The molecular formula is C42H42N2O9. The van der Waals surface area contributed by atoms with E-state index in [0.29, 0.717) is 17.5 Å². The molecule has 0 radical (unpaired) electrons. The van der Waals surface area contributed by atoms with Crippen LogP contribution in [0.3, 0.4) is 0 Å². The zero-order valence-corrected chi connectivity index (χ0v) is 29.1. The number of phenols is 1. The fraction of sp³-hybridized carbons (Fsp3) is 0.262. The first-order valence-electron chi connectivity index (χ1n) is 17.5. The number of aromatic hydroxyl groups is 1. The number of nitrogens with one attached hydrogen (secondary N) is 2. The number of hydrogen-bond acceptors (Lipinski definition) is 9. The van der Waals surface area contributed by atoms with Crippen LogP contribution in [0.4, 0.5) is 0 Å². The van der Waals surface area contributed by atoms with Gasteiger partial charge >= 0.3 is 5.97 Å². The molecule has 11 nitrogen and oxygen atoms in total. The number of esters is 1. The Morgan fingerprint density at radius 3 is 2.26 bits per heavy atom. The molecule has 5 N–H and O–H groups in total. The predicted molar refractivity (Wildman–Crippen MR) is 196 cm³/mol. The first-order chi connectivity index (χ1) is 25.7. The second-order valence-corrected chi connectivity index (χ2v) is 12.9. The van der Waals surface area contributed by atoms with E-state index in [1.54, 1.807) is 36.4 Å². The van der Waals surface area contributed by atoms with E-state index in [1.807, 2.05) is 91.0 Å². The van der Waals surface area contributed by atoms with E-state index < -0.39 is 54.0 Å². The molecular weight excluding hydrogens is 676 g/mol. The largest absolute Gasteiger partial charge is 0.508 e. The number of phenolic OH excluding ortho intramolecular Hbond substituents is 1. The molecule has 1 aliphatic carbocycles. The van der Waals surface area contributed by atoms with Crippen molar-refractivity contribution >= 4 is 23.9 Å². The molecule has 4 aromatic carbocycles. The molecule has 0 saturated carbocycles. The number of benzene rings is 4. The van der Waals surface area contributed by atoms with Crippen molar-refractivity contribution in [2.75, 3.05) is 13.2 Å². The SMILES string of the molecule is CC(O)C(NC(=O)C1=CC2OC(c3ccccc3)(c3ccccc3)OC2C(OC(=O)c2cccc(C=CCc3ccccc3O)c2)C1)C(=O)NCCO. The Morgan fingerprint density at radius 2 is 1.60 bits per heavy atom. The molecule has 2 aliphatic rings. The second kappa shape index (κ2) is 16.8. The number of amides is 2. The van der Waals surface area contributed by atoms with Crippen molar-refractivity contribution in [1.29, 1.82) is 0 Å². The summed E-state index contributed by atoms with van der Waals surface area (Å²) >= 11 is 0. The zero-order chi connectivity index (χ0) is 37.4. The van der Waals surface area contributed by atoms with Gasteiger partial charge in [0.05, 0.1) is 18.3 Å². The summed E-state index contributed by atoms with van der Waals surface area (Å²) in [7, 11) is 0. The van der Waals surface area contributed by atoms with Gasteiger partial charge in [0, 0.05) is 29.7 Å². The number of hydrogen-bond donors (Lipinski definition) is 5. The highest BCUT2D eigenvalue weighted by Gasteiger charge is 2.55. The third kappa shape index (κ3) is 8.56. The van der Waals surface area contributed by atoms with Gasteiger partial charge in [-0.1, -0.05) is 103 Å². The number of carbonyl (C=O) groups excluding carboxylic acids is 3. The van der Waals surface area contributed by atoms with Gasteiger partial charge in [0.1, 0.15) is 30.1 Å². The number of ether oxygens (including phenoxy) is 3. The molecule has 1 heterocycles. The molecule has 2 amide bonds. The van der Waals surface area contributed by atoms with E-state index in [2.05, 4.69) is 10.6 Å². The summed E-state index contributed by atoms with van der Waals surface area (Å²) in [6.45, 7) is 1.01. The zero-order valence-electron chi connectivity index (χ0n) is 29.1. The van der Waals surface area contributed by atoms with Gasteiger partial charge in [-0.15, -0.1) is 0 Å². The molecule has 1 aliphatic heterocycles. The number of aliphatic hydroxyl groups is 2. The smallest absolute Gasteiger partial charge is 0.338 e. The average Bonchev–Trinajstić information content (AvgIpc) is 3.59. The number of para-hydroxylation sites is 1. The highest BCUT2D eigenvalue weighted by Crippen LogP contribution is 2.47. The number of rotatable bonds is 13. The van der Waals surface area contributed by atoms with E-state index in [-0.39, 0.29) is 36.5 Å². The number of carbonyl (C=O) groups is 3. The van der Waals surface area contributed by atoms with Gasteiger partial charge in [-0.05, 0) is 48.7 Å². The van der Waals surface area contributed by atoms with Crippen LogP contribution in [-0.4, -0.2) is 76.7 Å². The van der Waals surface area contributed by atoms with Gasteiger partial charge < -0.3 is 40.2 Å². The summed E-state index contributed by atoms with van der Waals surface area (Å²) in [5.41, 5.74) is 3.35. The highest BCUT2D eigenvalue weighted by molar-refractivity contribution is 5.97. The third-order valence-electron chi connectivity index (χ3n) is 9.16. The maximum atomic E-state index is 13.8. The minimum absolute atomic E-state index is 0.0533. The number of aliphatic hydroxyl groups excluding tert-OH is 2. The van der Waals surface area contributed by atoms with Crippen LogP contribution in [0.1, 0.15) is 46.0 Å². The summed E-state index contributed by atoms with van der Waals surface area (Å²) in [5.74, 6) is -3.17. The first kappa shape index (κ1) is 37.2. The summed E-state index contributed by atoms with van der Waals surface area (Å²) in [5, 5.41) is 34.7. The predicted octanol–water partition coefficient (Wildman–Crippen LogP) is 4.16. The summed E-state index contributed by atoms with van der Waals surface area (Å²) in [4.78, 5) is 40.3. The average molecular weight is 719 g/mol. The Balaban J connectivity index is 1.29. The van der Waals surface area contributed by atoms with Crippen LogP contribution in [0.25, 0.3) is 6.08 Å². The van der Waals surface area contributed by atoms with Crippen LogP contribution in [-0.2, 0) is 36.0 Å². The normalized spacial score (nSPS) is 20.1. The lowest BCUT2D eigenvalue weighted by Gasteiger charge is -2.31. The van der Waals surface area contributed by atoms with Crippen molar-refractivity contribution in [3.8, 4) is 5.75 Å². The molecule has 53 heavy (non-hydrogen) atoms. The van der Waals surface area contributed by atoms with Gasteiger partial charge in [-0.2, -0.15) is 0 Å². The molecule has 1 fully saturated rings. The van der Waals surface area contributed by atoms with E-state index in [4.69, 9.17) is 19.3 Å². The molecule has 0 bridgehead atoms. The molecule has 0 aromatic heterocycles. The van der Waals surface area contributed by atoms with Crippen molar-refractivity contribution in [3.63, 3.8) is 0 Å². The van der Waals surface area contributed by atoms with Crippen molar-refractivity contribution in [2.45, 2.75) is 56.0 Å². The van der Waals surface area contributed by atoms with Gasteiger partial charge in [-0.25, -0.2) is 4.79 Å². The van der Waals surface area contributed by atoms with Crippen LogP contribution in [0.15, 0.2) is 127 Å². The minimum Gasteiger partial charge on any atom is -0.508 e. The van der Waals surface area contributed by atoms with Crippen LogP contribution in [0.5, 0.6) is 5.75 Å². The van der Waals surface area contributed by atoms with Crippen LogP contribution in [0.2, 0.25) is 0 Å². The van der Waals surface area contributed by atoms with Crippen LogP contribution >= 0.6 is 0 Å². The van der Waals surface area contributed by atoms with Gasteiger partial charge in [0.2, 0.25) is 17.6 Å². The van der Waals surface area contributed by atoms with Crippen molar-refractivity contribution in [2.24, 2.45) is 0 Å². The third-order valence-corrected chi connectivity index (χ3v) is 9.16. The quantitative estimate of drug-likeness (QED) is 0.128. The molecule has 5 atom stereocenters. The van der Waals surface area contributed by atoms with Crippen LogP contribution < -0.4 is 10.6 Å². The summed E-state index contributed by atoms with van der Waals surface area (Å²) in [6, 6.07) is 31.4. The standard InChI is InChI=1S/C42H42N2O9/c1-27(46)37(40(49)43-22-23-45)44-39(48)31-25-35(51-41(50)30-16-11-13-28(24-30)12-10-15-29-14-8-9-21-34(29)47)38-36(26-31)52-42(53-38,32-17-4-2-5-18-32)33-19-6-3-7-20-33/h2-14,16-21,24,26-27,35-38,45-47H,15,22-23,25H2,1H3,(H,43,49)(H,44,48). The van der Waals surface area contributed by atoms with Crippen LogP contribution in [0, 0.1) is 0 Å². The molecule has 6 rings (SSSR count). The molecule has 274 valence electrons. The number of allylic oxidation sites excluding steroid dienone is 1. The molecule has 0 spiro atoms. The molecule has 1 saturated heterocycles. The maximum Gasteiger partial charge on any atom is 0.338 e. The molecule has 11 heteroatoms. The maximum absolute atomic E-state index is 13.8. The van der Waals surface area contributed by atoms with E-state index in [1.165, 1.54) is 6.92 Å². The lowest BCUT2D eigenvalue weighted by atomic mass is 9.91. The topological polar surface area (TPSA) is 164 Å². The molecule has 5 unspecified atom stereocenters. The minimum atomic E-state index is -1.41. The summed E-state index contributed by atoms with van der Waals surface area (Å²) < 4.78 is 19.7. The van der Waals surface area contributed by atoms with E-state index in [0.717, 1.165) is 11.1 Å². The Labute approximate surface area is 307 Å². The lowest BCUT2D eigenvalue weighted by Crippen LogP contribution is -2.54. The van der Waals surface area contributed by atoms with Gasteiger partial charge in [-0.3, -0.25) is 9.59 Å². The van der Waals surface area contributed by atoms with E-state index in [9.17, 15) is 24.6 Å². The van der Waals surface area contributed by atoms with Gasteiger partial charge in [0.15, 0.2) is 0 Å². The number of fused-ring (bicyclic) bond motifs is 1. The van der Waals surface area contributed by atoms with Gasteiger partial charge in [0.25, 0.3) is 0 Å². The highest BCUT2D eigenvalue weighted by atomic mass is 16.8. The molecule has 4 aromatic rings. The Bertz CT molecular complexity index is 1920. The Morgan fingerprint density at radius 1 is 0.925 bits per heavy atom. The van der Waals surface area contributed by atoms with Crippen molar-refractivity contribution < 1.29 is 43.9 Å². The summed E-state index contributed by atoms with van der Waals surface area (Å²) in [6.07, 6.45) is 1.82. The monoisotopic (exact) mass is 718 g/mol. The van der Waals surface area contributed by atoms with E-state index >= 15 is 0 Å². The first-order valence-corrected chi connectivity index (χ1v) is 17.5. The Hall–Kier alpha value is -5.59. The fourth-order valence-corrected chi connectivity index (χ4v) is 6.50. The fourth-order valence-electron chi connectivity index (χ4n) is 6.50. The Kier molecular flexibility index (Phi) is 11.8. The van der Waals surface area contributed by atoms with Crippen molar-refractivity contribution in [3.05, 3.63) is 155 Å².